The summed E-state index contributed by atoms with van der Waals surface area (Å²) in [4.78, 5) is 25.6. The standard InChI is InChI=1S/C20H28N4O/c1-6-23(7-2)20(25)18-13-19(22-16(5)21-18)24(15(3)4)14-17-11-9-8-10-12-17/h8-13,15H,6-7,14H2,1-5H3. The quantitative estimate of drug-likeness (QED) is 0.771. The van der Waals surface area contributed by atoms with Crippen LogP contribution in [0, 0.1) is 6.92 Å². The van der Waals surface area contributed by atoms with E-state index in [1.165, 1.54) is 5.56 Å². The van der Waals surface area contributed by atoms with E-state index in [0.29, 0.717) is 24.6 Å². The minimum absolute atomic E-state index is 0.0415. The zero-order chi connectivity index (χ0) is 18.4. The molecule has 134 valence electrons. The third-order valence-electron chi connectivity index (χ3n) is 4.21. The van der Waals surface area contributed by atoms with E-state index in [9.17, 15) is 4.79 Å². The van der Waals surface area contributed by atoms with E-state index < -0.39 is 0 Å². The van der Waals surface area contributed by atoms with Crippen molar-refractivity contribution in [3.63, 3.8) is 0 Å². The number of carbonyl (C=O) groups is 1. The van der Waals surface area contributed by atoms with Gasteiger partial charge in [0.15, 0.2) is 0 Å². The molecule has 25 heavy (non-hydrogen) atoms. The van der Waals surface area contributed by atoms with E-state index in [1.807, 2.05) is 45.0 Å². The van der Waals surface area contributed by atoms with Crippen LogP contribution in [0.5, 0.6) is 0 Å². The van der Waals surface area contributed by atoms with Crippen LogP contribution in [0.4, 0.5) is 5.82 Å². The summed E-state index contributed by atoms with van der Waals surface area (Å²) in [6.45, 7) is 12.1. The molecule has 0 unspecified atom stereocenters. The lowest BCUT2D eigenvalue weighted by molar-refractivity contribution is 0.0766. The number of amides is 1. The van der Waals surface area contributed by atoms with Crippen molar-refractivity contribution in [3.05, 3.63) is 53.5 Å². The zero-order valence-corrected chi connectivity index (χ0v) is 15.9. The van der Waals surface area contributed by atoms with Crippen LogP contribution < -0.4 is 4.90 Å². The molecule has 1 amide bonds. The monoisotopic (exact) mass is 340 g/mol. The van der Waals surface area contributed by atoms with Crippen molar-refractivity contribution < 1.29 is 4.79 Å². The van der Waals surface area contributed by atoms with Crippen molar-refractivity contribution in [2.24, 2.45) is 0 Å². The Balaban J connectivity index is 2.36. The Kier molecular flexibility index (Phi) is 6.51. The summed E-state index contributed by atoms with van der Waals surface area (Å²) in [6, 6.07) is 12.4. The Labute approximate surface area is 150 Å². The van der Waals surface area contributed by atoms with Crippen LogP contribution in [-0.2, 0) is 6.54 Å². The van der Waals surface area contributed by atoms with Gasteiger partial charge in [0.2, 0.25) is 0 Å². The topological polar surface area (TPSA) is 49.3 Å². The summed E-state index contributed by atoms with van der Waals surface area (Å²) in [6.07, 6.45) is 0. The number of benzene rings is 1. The van der Waals surface area contributed by atoms with Crippen LogP contribution in [0.2, 0.25) is 0 Å². The van der Waals surface area contributed by atoms with Gasteiger partial charge in [-0.15, -0.1) is 0 Å². The van der Waals surface area contributed by atoms with Crippen LogP contribution in [0.15, 0.2) is 36.4 Å². The Bertz CT molecular complexity index is 696. The molecule has 2 rings (SSSR count). The van der Waals surface area contributed by atoms with Crippen molar-refractivity contribution in [1.82, 2.24) is 14.9 Å². The molecule has 0 aliphatic heterocycles. The van der Waals surface area contributed by atoms with Crippen LogP contribution in [0.1, 0.15) is 49.6 Å². The maximum absolute atomic E-state index is 12.7. The van der Waals surface area contributed by atoms with Crippen LogP contribution in [-0.4, -0.2) is 39.9 Å². The molecule has 0 spiro atoms. The number of aryl methyl sites for hydroxylation is 1. The van der Waals surface area contributed by atoms with E-state index in [-0.39, 0.29) is 11.9 Å². The van der Waals surface area contributed by atoms with Crippen molar-refractivity contribution in [3.8, 4) is 0 Å². The van der Waals surface area contributed by atoms with E-state index >= 15 is 0 Å². The SMILES string of the molecule is CCN(CC)C(=O)c1cc(N(Cc2ccccc2)C(C)C)nc(C)n1. The van der Waals surface area contributed by atoms with Crippen molar-refractivity contribution in [2.75, 3.05) is 18.0 Å². The zero-order valence-electron chi connectivity index (χ0n) is 15.9. The number of hydrogen-bond acceptors (Lipinski definition) is 4. The molecule has 1 aromatic carbocycles. The molecule has 1 heterocycles. The van der Waals surface area contributed by atoms with Gasteiger partial charge >= 0.3 is 0 Å². The van der Waals surface area contributed by atoms with Crippen molar-refractivity contribution in [2.45, 2.75) is 47.2 Å². The number of anilines is 1. The number of hydrogen-bond donors (Lipinski definition) is 0. The van der Waals surface area contributed by atoms with Crippen molar-refractivity contribution >= 4 is 11.7 Å². The highest BCUT2D eigenvalue weighted by atomic mass is 16.2. The van der Waals surface area contributed by atoms with Crippen LogP contribution in [0.3, 0.4) is 0 Å². The Hall–Kier alpha value is -2.43. The average Bonchev–Trinajstić information content (AvgIpc) is 2.60. The van der Waals surface area contributed by atoms with Gasteiger partial charge in [0.1, 0.15) is 17.3 Å². The van der Waals surface area contributed by atoms with E-state index in [4.69, 9.17) is 0 Å². The molecule has 0 aliphatic rings. The molecule has 5 heteroatoms. The smallest absolute Gasteiger partial charge is 0.272 e. The molecule has 0 saturated heterocycles. The summed E-state index contributed by atoms with van der Waals surface area (Å²) >= 11 is 0. The lowest BCUT2D eigenvalue weighted by atomic mass is 10.2. The van der Waals surface area contributed by atoms with Gasteiger partial charge in [-0.3, -0.25) is 4.79 Å². The van der Waals surface area contributed by atoms with Gasteiger partial charge in [-0.2, -0.15) is 0 Å². The lowest BCUT2D eigenvalue weighted by Gasteiger charge is -2.29. The van der Waals surface area contributed by atoms with Gasteiger partial charge < -0.3 is 9.80 Å². The van der Waals surface area contributed by atoms with Gasteiger partial charge in [0.25, 0.3) is 5.91 Å². The Morgan fingerprint density at radius 3 is 2.28 bits per heavy atom. The second-order valence-electron chi connectivity index (χ2n) is 6.34. The first-order valence-electron chi connectivity index (χ1n) is 8.91. The molecule has 0 N–H and O–H groups in total. The fourth-order valence-electron chi connectivity index (χ4n) is 2.79. The highest BCUT2D eigenvalue weighted by molar-refractivity contribution is 5.93. The minimum Gasteiger partial charge on any atom is -0.350 e. The number of nitrogens with zero attached hydrogens (tertiary/aromatic N) is 4. The maximum Gasteiger partial charge on any atom is 0.272 e. The molecule has 0 bridgehead atoms. The molecule has 0 saturated carbocycles. The molecule has 0 radical (unpaired) electrons. The summed E-state index contributed by atoms with van der Waals surface area (Å²) in [5, 5.41) is 0. The number of aromatic nitrogens is 2. The fraction of sp³-hybridized carbons (Fsp3) is 0.450. The highest BCUT2D eigenvalue weighted by Crippen LogP contribution is 2.20. The molecular weight excluding hydrogens is 312 g/mol. The van der Waals surface area contributed by atoms with Gasteiger partial charge in [-0.25, -0.2) is 9.97 Å². The van der Waals surface area contributed by atoms with E-state index in [1.54, 1.807) is 4.90 Å². The van der Waals surface area contributed by atoms with Gasteiger partial charge in [-0.05, 0) is 40.2 Å². The molecule has 0 aliphatic carbocycles. The summed E-state index contributed by atoms with van der Waals surface area (Å²) in [5.74, 6) is 1.37. The molecule has 1 aromatic heterocycles. The lowest BCUT2D eigenvalue weighted by Crippen LogP contribution is -2.33. The van der Waals surface area contributed by atoms with Gasteiger partial charge in [0.05, 0.1) is 0 Å². The third kappa shape index (κ3) is 4.78. The molecular formula is C20H28N4O. The first-order valence-corrected chi connectivity index (χ1v) is 8.91. The number of carbonyl (C=O) groups excluding carboxylic acids is 1. The predicted octanol–water partition coefficient (Wildman–Crippen LogP) is 3.68. The predicted molar refractivity (Wildman–Crippen MR) is 102 cm³/mol. The average molecular weight is 340 g/mol. The molecule has 2 aromatic rings. The fourth-order valence-corrected chi connectivity index (χ4v) is 2.79. The Morgan fingerprint density at radius 1 is 1.08 bits per heavy atom. The highest BCUT2D eigenvalue weighted by Gasteiger charge is 2.19. The van der Waals surface area contributed by atoms with Crippen LogP contribution in [0.25, 0.3) is 0 Å². The number of rotatable bonds is 7. The Morgan fingerprint density at radius 2 is 1.72 bits per heavy atom. The second kappa shape index (κ2) is 8.60. The van der Waals surface area contributed by atoms with Gasteiger partial charge in [0, 0.05) is 31.7 Å². The normalized spacial score (nSPS) is 10.8. The van der Waals surface area contributed by atoms with Gasteiger partial charge in [-0.1, -0.05) is 30.3 Å². The summed E-state index contributed by atoms with van der Waals surface area (Å²) < 4.78 is 0. The van der Waals surface area contributed by atoms with E-state index in [2.05, 4.69) is 40.8 Å². The van der Waals surface area contributed by atoms with Crippen LogP contribution >= 0.6 is 0 Å². The summed E-state index contributed by atoms with van der Waals surface area (Å²) in [5.41, 5.74) is 1.67. The van der Waals surface area contributed by atoms with Crippen molar-refractivity contribution in [1.29, 1.82) is 0 Å². The van der Waals surface area contributed by atoms with E-state index in [0.717, 1.165) is 12.4 Å². The summed E-state index contributed by atoms with van der Waals surface area (Å²) in [7, 11) is 0. The first kappa shape index (κ1) is 18.9. The second-order valence-corrected chi connectivity index (χ2v) is 6.34. The molecule has 5 nitrogen and oxygen atoms in total. The minimum atomic E-state index is -0.0415. The molecule has 0 atom stereocenters. The third-order valence-corrected chi connectivity index (χ3v) is 4.21. The largest absolute Gasteiger partial charge is 0.350 e. The first-order chi connectivity index (χ1) is 12.0. The molecule has 0 fully saturated rings. The maximum atomic E-state index is 12.7.